The van der Waals surface area contributed by atoms with E-state index in [0.29, 0.717) is 17.8 Å². The van der Waals surface area contributed by atoms with Gasteiger partial charge in [-0.1, -0.05) is 6.07 Å². The average Bonchev–Trinajstić information content (AvgIpc) is 3.34. The Morgan fingerprint density at radius 3 is 2.88 bits per heavy atom. The van der Waals surface area contributed by atoms with Crippen LogP contribution in [0.25, 0.3) is 16.2 Å². The number of amides is 1. The SMILES string of the molecule is Cc1nn(C)cc1CN(C)C(=O)c1cnn2c(-c3cccs3)ccnc12. The number of hydrogen-bond acceptors (Lipinski definition) is 5. The second-order valence-corrected chi connectivity index (χ2v) is 7.12. The van der Waals surface area contributed by atoms with E-state index in [0.717, 1.165) is 21.8 Å². The van der Waals surface area contributed by atoms with Crippen molar-refractivity contribution < 1.29 is 4.79 Å². The minimum Gasteiger partial charge on any atom is -0.337 e. The molecule has 0 bridgehead atoms. The Hall–Kier alpha value is -3.00. The molecule has 0 unspecified atom stereocenters. The molecule has 0 radical (unpaired) electrons. The summed E-state index contributed by atoms with van der Waals surface area (Å²) in [5.74, 6) is -0.112. The smallest absolute Gasteiger partial charge is 0.259 e. The molecule has 0 saturated heterocycles. The lowest BCUT2D eigenvalue weighted by Crippen LogP contribution is -2.26. The van der Waals surface area contributed by atoms with Crippen molar-refractivity contribution in [3.8, 4) is 10.6 Å². The third-order valence-electron chi connectivity index (χ3n) is 4.27. The number of rotatable bonds is 4. The maximum Gasteiger partial charge on any atom is 0.259 e. The number of nitrogens with zero attached hydrogens (tertiary/aromatic N) is 6. The molecule has 0 atom stereocenters. The lowest BCUT2D eigenvalue weighted by molar-refractivity contribution is 0.0786. The van der Waals surface area contributed by atoms with Gasteiger partial charge in [0, 0.05) is 38.6 Å². The summed E-state index contributed by atoms with van der Waals surface area (Å²) < 4.78 is 3.48. The topological polar surface area (TPSA) is 68.3 Å². The summed E-state index contributed by atoms with van der Waals surface area (Å²) in [7, 11) is 3.65. The van der Waals surface area contributed by atoms with Crippen molar-refractivity contribution in [2.24, 2.45) is 7.05 Å². The monoisotopic (exact) mass is 366 g/mol. The molecule has 7 nitrogen and oxygen atoms in total. The van der Waals surface area contributed by atoms with E-state index in [9.17, 15) is 4.79 Å². The molecule has 0 aliphatic heterocycles. The summed E-state index contributed by atoms with van der Waals surface area (Å²) in [5, 5.41) is 10.7. The van der Waals surface area contributed by atoms with Gasteiger partial charge in [0.25, 0.3) is 5.91 Å². The predicted molar refractivity (Wildman–Crippen MR) is 100 cm³/mol. The first-order chi connectivity index (χ1) is 12.5. The van der Waals surface area contributed by atoms with Crippen LogP contribution in [-0.2, 0) is 13.6 Å². The molecule has 1 amide bonds. The molecule has 4 aromatic rings. The highest BCUT2D eigenvalue weighted by molar-refractivity contribution is 7.13. The molecule has 0 saturated carbocycles. The number of fused-ring (bicyclic) bond motifs is 1. The highest BCUT2D eigenvalue weighted by Gasteiger charge is 2.20. The number of aromatic nitrogens is 5. The van der Waals surface area contributed by atoms with Gasteiger partial charge in [-0.05, 0) is 24.4 Å². The molecule has 0 aliphatic carbocycles. The van der Waals surface area contributed by atoms with Gasteiger partial charge in [-0.25, -0.2) is 9.50 Å². The predicted octanol–water partition coefficient (Wildman–Crippen LogP) is 2.77. The minimum atomic E-state index is -0.112. The van der Waals surface area contributed by atoms with Crippen LogP contribution in [0.15, 0.2) is 42.2 Å². The molecule has 0 aromatic carbocycles. The third-order valence-corrected chi connectivity index (χ3v) is 5.17. The molecule has 8 heteroatoms. The Bertz CT molecular complexity index is 1080. The van der Waals surface area contributed by atoms with Crippen molar-refractivity contribution in [2.75, 3.05) is 7.05 Å². The average molecular weight is 366 g/mol. The quantitative estimate of drug-likeness (QED) is 0.557. The van der Waals surface area contributed by atoms with E-state index in [2.05, 4.69) is 15.2 Å². The van der Waals surface area contributed by atoms with Gasteiger partial charge in [-0.3, -0.25) is 9.48 Å². The van der Waals surface area contributed by atoms with Gasteiger partial charge in [0.2, 0.25) is 0 Å². The van der Waals surface area contributed by atoms with Crippen LogP contribution < -0.4 is 0 Å². The van der Waals surface area contributed by atoms with Crippen molar-refractivity contribution in [1.29, 1.82) is 0 Å². The van der Waals surface area contributed by atoms with Crippen LogP contribution in [0, 0.1) is 6.92 Å². The fraction of sp³-hybridized carbons (Fsp3) is 0.222. The number of hydrogen-bond donors (Lipinski definition) is 0. The summed E-state index contributed by atoms with van der Waals surface area (Å²) in [6, 6.07) is 5.93. The summed E-state index contributed by atoms with van der Waals surface area (Å²) in [4.78, 5) is 20.1. The lowest BCUT2D eigenvalue weighted by Gasteiger charge is -2.15. The van der Waals surface area contributed by atoms with Crippen LogP contribution in [0.1, 0.15) is 21.6 Å². The summed E-state index contributed by atoms with van der Waals surface area (Å²) in [6.07, 6.45) is 5.24. The molecule has 4 heterocycles. The molecule has 4 aromatic heterocycles. The third kappa shape index (κ3) is 2.78. The zero-order chi connectivity index (χ0) is 18.3. The van der Waals surface area contributed by atoms with Crippen LogP contribution in [-0.4, -0.2) is 42.2 Å². The van der Waals surface area contributed by atoms with Crippen LogP contribution in [0.2, 0.25) is 0 Å². The van der Waals surface area contributed by atoms with Crippen LogP contribution >= 0.6 is 11.3 Å². The zero-order valence-electron chi connectivity index (χ0n) is 14.7. The van der Waals surface area contributed by atoms with Crippen molar-refractivity contribution in [3.63, 3.8) is 0 Å². The Kier molecular flexibility index (Phi) is 4.04. The van der Waals surface area contributed by atoms with Crippen molar-refractivity contribution in [1.82, 2.24) is 29.3 Å². The summed E-state index contributed by atoms with van der Waals surface area (Å²) in [6.45, 7) is 2.43. The van der Waals surface area contributed by atoms with E-state index in [1.165, 1.54) is 0 Å². The second-order valence-electron chi connectivity index (χ2n) is 6.18. The molecular weight excluding hydrogens is 348 g/mol. The van der Waals surface area contributed by atoms with Crippen LogP contribution in [0.4, 0.5) is 0 Å². The Balaban J connectivity index is 1.67. The molecular formula is C18H18N6OS. The van der Waals surface area contributed by atoms with Gasteiger partial charge in [0.1, 0.15) is 5.56 Å². The standard InChI is InChI=1S/C18H18N6OS/c1-12-13(11-23(3)21-12)10-22(2)18(25)14-9-20-24-15(6-7-19-17(14)24)16-5-4-8-26-16/h4-9,11H,10H2,1-3H3. The minimum absolute atomic E-state index is 0.112. The van der Waals surface area contributed by atoms with E-state index in [1.54, 1.807) is 44.9 Å². The van der Waals surface area contributed by atoms with Crippen molar-refractivity contribution in [2.45, 2.75) is 13.5 Å². The van der Waals surface area contributed by atoms with Gasteiger partial charge in [-0.2, -0.15) is 10.2 Å². The largest absolute Gasteiger partial charge is 0.337 e. The Labute approximate surface area is 154 Å². The molecule has 132 valence electrons. The fourth-order valence-corrected chi connectivity index (χ4v) is 3.73. The first-order valence-electron chi connectivity index (χ1n) is 8.16. The first kappa shape index (κ1) is 16.5. The zero-order valence-corrected chi connectivity index (χ0v) is 15.6. The number of aryl methyl sites for hydroxylation is 2. The second kappa shape index (κ2) is 6.38. The van der Waals surface area contributed by atoms with E-state index >= 15 is 0 Å². The Morgan fingerprint density at radius 1 is 1.35 bits per heavy atom. The van der Waals surface area contributed by atoms with Crippen molar-refractivity contribution >= 4 is 22.9 Å². The van der Waals surface area contributed by atoms with E-state index in [-0.39, 0.29) is 5.91 Å². The van der Waals surface area contributed by atoms with Gasteiger partial charge < -0.3 is 4.90 Å². The number of thiophene rings is 1. The molecule has 0 N–H and O–H groups in total. The summed E-state index contributed by atoms with van der Waals surface area (Å²) >= 11 is 1.63. The van der Waals surface area contributed by atoms with E-state index in [4.69, 9.17) is 0 Å². The maximum absolute atomic E-state index is 12.9. The van der Waals surface area contributed by atoms with Gasteiger partial charge in [0.15, 0.2) is 5.65 Å². The summed E-state index contributed by atoms with van der Waals surface area (Å²) in [5.41, 5.74) is 3.93. The maximum atomic E-state index is 12.9. The molecule has 26 heavy (non-hydrogen) atoms. The van der Waals surface area contributed by atoms with Crippen LogP contribution in [0.3, 0.4) is 0 Å². The first-order valence-corrected chi connectivity index (χ1v) is 9.04. The van der Waals surface area contributed by atoms with Gasteiger partial charge in [-0.15, -0.1) is 11.3 Å². The fourth-order valence-electron chi connectivity index (χ4n) is 2.99. The normalized spacial score (nSPS) is 11.2. The Morgan fingerprint density at radius 2 is 2.19 bits per heavy atom. The van der Waals surface area contributed by atoms with Crippen LogP contribution in [0.5, 0.6) is 0 Å². The highest BCUT2D eigenvalue weighted by Crippen LogP contribution is 2.25. The van der Waals surface area contributed by atoms with E-state index < -0.39 is 0 Å². The molecule has 0 aliphatic rings. The number of carbonyl (C=O) groups is 1. The van der Waals surface area contributed by atoms with E-state index in [1.807, 2.05) is 43.7 Å². The lowest BCUT2D eigenvalue weighted by atomic mass is 10.2. The molecule has 0 spiro atoms. The highest BCUT2D eigenvalue weighted by atomic mass is 32.1. The van der Waals surface area contributed by atoms with Gasteiger partial charge in [0.05, 0.1) is 22.5 Å². The number of carbonyl (C=O) groups excluding carboxylic acids is 1. The van der Waals surface area contributed by atoms with Crippen molar-refractivity contribution in [3.05, 3.63) is 59.0 Å². The molecule has 0 fully saturated rings. The molecule has 4 rings (SSSR count). The van der Waals surface area contributed by atoms with Gasteiger partial charge >= 0.3 is 0 Å².